The molecule has 0 bridgehead atoms. The average Bonchev–Trinajstić information content (AvgIpc) is 2.43. The molecule has 138 valence electrons. The molecular weight excluding hydrogens is 347 g/mol. The van der Waals surface area contributed by atoms with Crippen molar-refractivity contribution in [1.29, 1.82) is 0 Å². The topological polar surface area (TPSA) is 61.5 Å². The van der Waals surface area contributed by atoms with Crippen molar-refractivity contribution in [3.63, 3.8) is 0 Å². The molecule has 1 aromatic rings. The maximum absolute atomic E-state index is 12.7. The van der Waals surface area contributed by atoms with Crippen LogP contribution in [-0.4, -0.2) is 24.2 Å². The van der Waals surface area contributed by atoms with Gasteiger partial charge in [0.2, 0.25) is 0 Å². The lowest BCUT2D eigenvalue weighted by Crippen LogP contribution is -2.41. The summed E-state index contributed by atoms with van der Waals surface area (Å²) in [5.74, 6) is -0.599. The second kappa shape index (κ2) is 9.13. The fourth-order valence-corrected chi connectivity index (χ4v) is 2.03. The number of carbonyl (C=O) groups is 1. The van der Waals surface area contributed by atoms with Gasteiger partial charge in [-0.2, -0.15) is 13.2 Å². The van der Waals surface area contributed by atoms with E-state index >= 15 is 0 Å². The molecule has 0 aliphatic heterocycles. The largest absolute Gasteiger partial charge is 0.486 e. The van der Waals surface area contributed by atoms with E-state index in [9.17, 15) is 18.0 Å². The van der Waals surface area contributed by atoms with E-state index in [-0.39, 0.29) is 24.1 Å². The van der Waals surface area contributed by atoms with Crippen LogP contribution in [0.4, 0.5) is 13.2 Å². The van der Waals surface area contributed by atoms with Gasteiger partial charge in [-0.3, -0.25) is 4.79 Å². The Labute approximate surface area is 145 Å². The zero-order valence-corrected chi connectivity index (χ0v) is 14.8. The summed E-state index contributed by atoms with van der Waals surface area (Å²) < 4.78 is 49.1. The molecular formula is C16H23ClF3NO3. The number of carbonyl (C=O) groups excluding carboxylic acids is 1. The minimum atomic E-state index is -4.44. The number of nitrogens with two attached hydrogens (primary N) is 1. The first-order chi connectivity index (χ1) is 10.5. The van der Waals surface area contributed by atoms with E-state index < -0.39 is 36.0 Å². The molecule has 0 spiro atoms. The normalized spacial score (nSPS) is 15.2. The fraction of sp³-hybridized carbons (Fsp3) is 0.562. The second-order valence-corrected chi connectivity index (χ2v) is 5.78. The number of esters is 1. The van der Waals surface area contributed by atoms with E-state index in [2.05, 4.69) is 0 Å². The smallest absolute Gasteiger partial charge is 0.416 e. The zero-order chi connectivity index (χ0) is 17.8. The lowest BCUT2D eigenvalue weighted by Gasteiger charge is -2.28. The number of hydrogen-bond donors (Lipinski definition) is 1. The molecule has 0 heterocycles. The van der Waals surface area contributed by atoms with Crippen LogP contribution in [-0.2, 0) is 15.7 Å². The Morgan fingerprint density at radius 2 is 1.75 bits per heavy atom. The molecule has 0 unspecified atom stereocenters. The van der Waals surface area contributed by atoms with Gasteiger partial charge < -0.3 is 15.2 Å². The lowest BCUT2D eigenvalue weighted by atomic mass is 10.0. The third-order valence-electron chi connectivity index (χ3n) is 3.23. The highest BCUT2D eigenvalue weighted by molar-refractivity contribution is 5.85. The molecule has 1 rings (SSSR count). The number of alkyl halides is 3. The predicted octanol–water partition coefficient (Wildman–Crippen LogP) is 3.81. The number of ether oxygens (including phenoxy) is 2. The van der Waals surface area contributed by atoms with Gasteiger partial charge in [-0.1, -0.05) is 19.9 Å². The van der Waals surface area contributed by atoms with Crippen LogP contribution in [0.1, 0.15) is 33.3 Å². The predicted molar refractivity (Wildman–Crippen MR) is 87.1 cm³/mol. The van der Waals surface area contributed by atoms with Crippen molar-refractivity contribution in [2.45, 2.75) is 52.1 Å². The van der Waals surface area contributed by atoms with Crippen LogP contribution in [0.3, 0.4) is 0 Å². The van der Waals surface area contributed by atoms with Gasteiger partial charge in [-0.15, -0.1) is 12.4 Å². The number of benzene rings is 1. The quantitative estimate of drug-likeness (QED) is 0.774. The van der Waals surface area contributed by atoms with Gasteiger partial charge in [-0.25, -0.2) is 0 Å². The molecule has 0 amide bonds. The van der Waals surface area contributed by atoms with Gasteiger partial charge in [0.15, 0.2) is 0 Å². The van der Waals surface area contributed by atoms with E-state index in [0.29, 0.717) is 0 Å². The molecule has 1 aromatic carbocycles. The molecule has 0 aromatic heterocycles. The van der Waals surface area contributed by atoms with Crippen molar-refractivity contribution < 1.29 is 27.4 Å². The Kier molecular flexibility index (Phi) is 8.57. The zero-order valence-electron chi connectivity index (χ0n) is 14.0. The summed E-state index contributed by atoms with van der Waals surface area (Å²) in [7, 11) is 0. The van der Waals surface area contributed by atoms with Crippen LogP contribution in [0.5, 0.6) is 5.75 Å². The highest BCUT2D eigenvalue weighted by Crippen LogP contribution is 2.32. The van der Waals surface area contributed by atoms with Crippen molar-refractivity contribution in [2.75, 3.05) is 0 Å². The first kappa shape index (κ1) is 22.5. The summed E-state index contributed by atoms with van der Waals surface area (Å²) in [4.78, 5) is 11.6. The van der Waals surface area contributed by atoms with Crippen LogP contribution in [0.15, 0.2) is 24.3 Å². The van der Waals surface area contributed by atoms with E-state index in [0.717, 1.165) is 12.1 Å². The van der Waals surface area contributed by atoms with Crippen LogP contribution in [0.25, 0.3) is 0 Å². The van der Waals surface area contributed by atoms with Crippen LogP contribution >= 0.6 is 12.4 Å². The van der Waals surface area contributed by atoms with Crippen LogP contribution in [0, 0.1) is 5.92 Å². The molecule has 0 aliphatic carbocycles. The molecule has 0 saturated carbocycles. The van der Waals surface area contributed by atoms with Gasteiger partial charge in [-0.05, 0) is 38.0 Å². The summed E-state index contributed by atoms with van der Waals surface area (Å²) in [5, 5.41) is 0. The molecule has 0 fully saturated rings. The molecule has 0 aliphatic rings. The monoisotopic (exact) mass is 369 g/mol. The van der Waals surface area contributed by atoms with Gasteiger partial charge in [0.05, 0.1) is 5.56 Å². The Morgan fingerprint density at radius 1 is 1.17 bits per heavy atom. The Morgan fingerprint density at radius 3 is 2.21 bits per heavy atom. The van der Waals surface area contributed by atoms with Crippen molar-refractivity contribution in [1.82, 2.24) is 0 Å². The maximum Gasteiger partial charge on any atom is 0.416 e. The van der Waals surface area contributed by atoms with Gasteiger partial charge >= 0.3 is 12.1 Å². The highest BCUT2D eigenvalue weighted by atomic mass is 35.5. The Bertz CT molecular complexity index is 536. The Hall–Kier alpha value is -1.47. The standard InChI is InChI=1S/C16H22F3NO3.ClH/c1-9(2)14(11(4)22-15(21)10(3)20)23-13-7-5-6-12(8-13)16(17,18)19;/h5-11,14H,20H2,1-4H3;1H/t10-,11-,14-;/m0./s1. The molecule has 0 saturated heterocycles. The highest BCUT2D eigenvalue weighted by Gasteiger charge is 2.32. The average molecular weight is 370 g/mol. The summed E-state index contributed by atoms with van der Waals surface area (Å²) >= 11 is 0. The lowest BCUT2D eigenvalue weighted by molar-refractivity contribution is -0.155. The summed E-state index contributed by atoms with van der Waals surface area (Å²) in [6, 6.07) is 3.82. The summed E-state index contributed by atoms with van der Waals surface area (Å²) in [6.07, 6.45) is -5.69. The minimum Gasteiger partial charge on any atom is -0.486 e. The van der Waals surface area contributed by atoms with Crippen LogP contribution < -0.4 is 10.5 Å². The number of rotatable bonds is 6. The molecule has 2 N–H and O–H groups in total. The Balaban J connectivity index is 0.00000529. The molecule has 3 atom stereocenters. The number of hydrogen-bond acceptors (Lipinski definition) is 4. The van der Waals surface area contributed by atoms with Crippen molar-refractivity contribution in [3.8, 4) is 5.75 Å². The van der Waals surface area contributed by atoms with Crippen molar-refractivity contribution in [2.24, 2.45) is 11.7 Å². The SMILES string of the molecule is CC(C)[C@H](Oc1cccc(C(F)(F)F)c1)[C@H](C)OC(=O)[C@H](C)N.Cl. The molecule has 0 radical (unpaired) electrons. The van der Waals surface area contributed by atoms with E-state index in [4.69, 9.17) is 15.2 Å². The van der Waals surface area contributed by atoms with Gasteiger partial charge in [0, 0.05) is 0 Å². The van der Waals surface area contributed by atoms with E-state index in [1.165, 1.54) is 19.1 Å². The molecule has 24 heavy (non-hydrogen) atoms. The summed E-state index contributed by atoms with van der Waals surface area (Å²) in [6.45, 7) is 6.77. The first-order valence-corrected chi connectivity index (χ1v) is 7.32. The molecule has 8 heteroatoms. The van der Waals surface area contributed by atoms with Gasteiger partial charge in [0.1, 0.15) is 24.0 Å². The third kappa shape index (κ3) is 6.57. The van der Waals surface area contributed by atoms with Crippen LogP contribution in [0.2, 0.25) is 0 Å². The van der Waals surface area contributed by atoms with Crippen molar-refractivity contribution >= 4 is 18.4 Å². The minimum absolute atomic E-state index is 0. The maximum atomic E-state index is 12.7. The van der Waals surface area contributed by atoms with E-state index in [1.54, 1.807) is 6.92 Å². The fourth-order valence-electron chi connectivity index (χ4n) is 2.03. The van der Waals surface area contributed by atoms with E-state index in [1.807, 2.05) is 13.8 Å². The second-order valence-electron chi connectivity index (χ2n) is 5.78. The number of halogens is 4. The third-order valence-corrected chi connectivity index (χ3v) is 3.23. The molecule has 4 nitrogen and oxygen atoms in total. The van der Waals surface area contributed by atoms with Gasteiger partial charge in [0.25, 0.3) is 0 Å². The summed E-state index contributed by atoms with van der Waals surface area (Å²) in [5.41, 5.74) is 4.65. The first-order valence-electron chi connectivity index (χ1n) is 7.32. The van der Waals surface area contributed by atoms with Crippen molar-refractivity contribution in [3.05, 3.63) is 29.8 Å².